The van der Waals surface area contributed by atoms with E-state index in [-0.39, 0.29) is 4.90 Å². The fourth-order valence-corrected chi connectivity index (χ4v) is 3.23. The second-order valence-corrected chi connectivity index (χ2v) is 7.46. The van der Waals surface area contributed by atoms with E-state index in [2.05, 4.69) is 24.0 Å². The van der Waals surface area contributed by atoms with E-state index >= 15 is 0 Å². The van der Waals surface area contributed by atoms with Crippen molar-refractivity contribution in [1.29, 1.82) is 0 Å². The largest absolute Gasteiger partial charge is 0.260 e. The van der Waals surface area contributed by atoms with Crippen LogP contribution in [0, 0.1) is 0 Å². The van der Waals surface area contributed by atoms with Crippen molar-refractivity contribution < 1.29 is 8.42 Å². The Hall–Kier alpha value is -1.72. The first-order valence-electron chi connectivity index (χ1n) is 6.95. The van der Waals surface area contributed by atoms with Gasteiger partial charge in [0.25, 0.3) is 0 Å². The van der Waals surface area contributed by atoms with E-state index < -0.39 is 10.0 Å². The molecule has 1 aromatic heterocycles. The Bertz CT molecular complexity index is 763. The van der Waals surface area contributed by atoms with Crippen molar-refractivity contribution in [2.24, 2.45) is 5.14 Å². The van der Waals surface area contributed by atoms with Gasteiger partial charge >= 0.3 is 0 Å². The molecule has 4 nitrogen and oxygen atoms in total. The molecule has 3 rings (SSSR count). The van der Waals surface area contributed by atoms with Crippen LogP contribution in [0.1, 0.15) is 36.6 Å². The van der Waals surface area contributed by atoms with Crippen molar-refractivity contribution in [3.05, 3.63) is 59.4 Å². The van der Waals surface area contributed by atoms with Gasteiger partial charge in [-0.05, 0) is 41.5 Å². The normalized spacial score (nSPS) is 16.7. The quantitative estimate of drug-likeness (QED) is 0.942. The van der Waals surface area contributed by atoms with Gasteiger partial charge < -0.3 is 0 Å². The minimum Gasteiger partial charge on any atom is -0.260 e. The standard InChI is InChI=1S/C16H18N2O2S/c1-16(8-9-16)13-6-4-12(5-7-13)11-14-15(21(17,19)20)3-2-10-18-14/h2-7,10H,8-9,11H2,1H3,(H2,17,19,20). The molecular formula is C16H18N2O2S. The highest BCUT2D eigenvalue weighted by molar-refractivity contribution is 7.89. The highest BCUT2D eigenvalue weighted by Crippen LogP contribution is 2.47. The molecule has 0 aliphatic heterocycles. The van der Waals surface area contributed by atoms with Gasteiger partial charge in [0.2, 0.25) is 10.0 Å². The minimum absolute atomic E-state index is 0.100. The summed E-state index contributed by atoms with van der Waals surface area (Å²) in [5, 5.41) is 5.23. The van der Waals surface area contributed by atoms with Crippen LogP contribution in [-0.4, -0.2) is 13.4 Å². The molecule has 1 heterocycles. The minimum atomic E-state index is -3.74. The maximum Gasteiger partial charge on any atom is 0.239 e. The molecule has 21 heavy (non-hydrogen) atoms. The molecule has 2 aromatic rings. The molecule has 1 saturated carbocycles. The van der Waals surface area contributed by atoms with Crippen LogP contribution in [0.3, 0.4) is 0 Å². The lowest BCUT2D eigenvalue weighted by Gasteiger charge is -2.10. The van der Waals surface area contributed by atoms with Crippen molar-refractivity contribution in [1.82, 2.24) is 4.98 Å². The van der Waals surface area contributed by atoms with E-state index in [0.29, 0.717) is 17.5 Å². The molecule has 0 amide bonds. The van der Waals surface area contributed by atoms with Gasteiger partial charge in [-0.15, -0.1) is 0 Å². The number of primary sulfonamides is 1. The molecular weight excluding hydrogens is 284 g/mol. The number of nitrogens with two attached hydrogens (primary N) is 1. The van der Waals surface area contributed by atoms with Gasteiger partial charge in [-0.25, -0.2) is 13.6 Å². The van der Waals surface area contributed by atoms with Crippen LogP contribution in [0.4, 0.5) is 0 Å². The van der Waals surface area contributed by atoms with Gasteiger partial charge in [0.15, 0.2) is 0 Å². The zero-order valence-electron chi connectivity index (χ0n) is 11.9. The summed E-state index contributed by atoms with van der Waals surface area (Å²) in [6.07, 6.45) is 4.53. The number of hydrogen-bond acceptors (Lipinski definition) is 3. The van der Waals surface area contributed by atoms with Gasteiger partial charge in [-0.3, -0.25) is 4.98 Å². The molecule has 0 unspecified atom stereocenters. The Morgan fingerprint density at radius 2 is 1.86 bits per heavy atom. The number of sulfonamides is 1. The first-order valence-corrected chi connectivity index (χ1v) is 8.49. The summed E-state index contributed by atoms with van der Waals surface area (Å²) in [6.45, 7) is 2.26. The van der Waals surface area contributed by atoms with Gasteiger partial charge in [-0.1, -0.05) is 31.2 Å². The summed E-state index contributed by atoms with van der Waals surface area (Å²) in [6, 6.07) is 11.4. The average Bonchev–Trinajstić information content (AvgIpc) is 3.18. The number of hydrogen-bond donors (Lipinski definition) is 1. The summed E-state index contributed by atoms with van der Waals surface area (Å²) in [4.78, 5) is 4.27. The summed E-state index contributed by atoms with van der Waals surface area (Å²) >= 11 is 0. The van der Waals surface area contributed by atoms with Gasteiger partial charge in [0, 0.05) is 12.6 Å². The Kier molecular flexibility index (Phi) is 3.34. The van der Waals surface area contributed by atoms with Crippen LogP contribution in [0.2, 0.25) is 0 Å². The second-order valence-electron chi connectivity index (χ2n) is 5.93. The van der Waals surface area contributed by atoms with Crippen molar-refractivity contribution in [2.45, 2.75) is 36.5 Å². The third kappa shape index (κ3) is 2.99. The summed E-state index contributed by atoms with van der Waals surface area (Å²) in [7, 11) is -3.74. The third-order valence-electron chi connectivity index (χ3n) is 4.18. The Labute approximate surface area is 125 Å². The zero-order chi connectivity index (χ0) is 15.1. The molecule has 1 aliphatic carbocycles. The molecule has 2 N–H and O–H groups in total. The van der Waals surface area contributed by atoms with Crippen molar-refractivity contribution in [3.63, 3.8) is 0 Å². The molecule has 1 aromatic carbocycles. The smallest absolute Gasteiger partial charge is 0.239 e. The van der Waals surface area contributed by atoms with Crippen LogP contribution in [-0.2, 0) is 21.9 Å². The van der Waals surface area contributed by atoms with Crippen molar-refractivity contribution >= 4 is 10.0 Å². The Morgan fingerprint density at radius 1 is 1.19 bits per heavy atom. The zero-order valence-corrected chi connectivity index (χ0v) is 12.7. The maximum absolute atomic E-state index is 11.6. The molecule has 1 aliphatic rings. The number of nitrogens with zero attached hydrogens (tertiary/aromatic N) is 1. The number of pyridine rings is 1. The van der Waals surface area contributed by atoms with Crippen LogP contribution in [0.15, 0.2) is 47.5 Å². The predicted molar refractivity (Wildman–Crippen MR) is 81.4 cm³/mol. The van der Waals surface area contributed by atoms with Crippen molar-refractivity contribution in [3.8, 4) is 0 Å². The Balaban J connectivity index is 1.87. The van der Waals surface area contributed by atoms with Gasteiger partial charge in [-0.2, -0.15) is 0 Å². The summed E-state index contributed by atoms with van der Waals surface area (Å²) in [5.41, 5.74) is 3.21. The van der Waals surface area contributed by atoms with E-state index in [1.165, 1.54) is 24.5 Å². The van der Waals surface area contributed by atoms with E-state index in [9.17, 15) is 8.42 Å². The van der Waals surface area contributed by atoms with E-state index in [1.54, 1.807) is 12.3 Å². The Morgan fingerprint density at radius 3 is 2.43 bits per heavy atom. The third-order valence-corrected chi connectivity index (χ3v) is 5.16. The van der Waals surface area contributed by atoms with Crippen LogP contribution in [0.5, 0.6) is 0 Å². The lowest BCUT2D eigenvalue weighted by atomic mass is 9.96. The number of benzene rings is 1. The average molecular weight is 302 g/mol. The number of rotatable bonds is 4. The van der Waals surface area contributed by atoms with Crippen LogP contribution >= 0.6 is 0 Å². The summed E-state index contributed by atoms with van der Waals surface area (Å²) < 4.78 is 23.2. The number of aromatic nitrogens is 1. The van der Waals surface area contributed by atoms with E-state index in [4.69, 9.17) is 5.14 Å². The van der Waals surface area contributed by atoms with E-state index in [1.807, 2.05) is 12.1 Å². The van der Waals surface area contributed by atoms with Gasteiger partial charge in [0.05, 0.1) is 5.69 Å². The fraction of sp³-hybridized carbons (Fsp3) is 0.312. The molecule has 0 saturated heterocycles. The second kappa shape index (κ2) is 4.93. The highest BCUT2D eigenvalue weighted by Gasteiger charge is 2.38. The van der Waals surface area contributed by atoms with Crippen molar-refractivity contribution in [2.75, 3.05) is 0 Å². The first kappa shape index (κ1) is 14.2. The highest BCUT2D eigenvalue weighted by atomic mass is 32.2. The molecule has 110 valence electrons. The lowest BCUT2D eigenvalue weighted by molar-refractivity contribution is 0.596. The topological polar surface area (TPSA) is 73.0 Å². The molecule has 0 radical (unpaired) electrons. The predicted octanol–water partition coefficient (Wildman–Crippen LogP) is 2.37. The first-order chi connectivity index (χ1) is 9.88. The lowest BCUT2D eigenvalue weighted by Crippen LogP contribution is -2.15. The SMILES string of the molecule is CC1(c2ccc(Cc3ncccc3S(N)(=O)=O)cc2)CC1. The van der Waals surface area contributed by atoms with Crippen LogP contribution < -0.4 is 5.14 Å². The molecule has 0 spiro atoms. The fourth-order valence-electron chi connectivity index (χ4n) is 2.51. The molecule has 1 fully saturated rings. The molecule has 5 heteroatoms. The maximum atomic E-state index is 11.6. The summed E-state index contributed by atoms with van der Waals surface area (Å²) in [5.74, 6) is 0. The molecule has 0 atom stereocenters. The van der Waals surface area contributed by atoms with Crippen LogP contribution in [0.25, 0.3) is 0 Å². The molecule has 0 bridgehead atoms. The van der Waals surface area contributed by atoms with Gasteiger partial charge in [0.1, 0.15) is 4.90 Å². The monoisotopic (exact) mass is 302 g/mol. The van der Waals surface area contributed by atoms with E-state index in [0.717, 1.165) is 5.56 Å².